The van der Waals surface area contributed by atoms with E-state index in [-0.39, 0.29) is 30.2 Å². The lowest BCUT2D eigenvalue weighted by atomic mass is 9.56. The summed E-state index contributed by atoms with van der Waals surface area (Å²) in [6.45, 7) is 1.82. The zero-order chi connectivity index (χ0) is 28.9. The molecule has 2 saturated heterocycles. The summed E-state index contributed by atoms with van der Waals surface area (Å²) < 4.78 is 5.18. The van der Waals surface area contributed by atoms with Crippen LogP contribution in [0.15, 0.2) is 48.0 Å². The molecular weight excluding hydrogens is 579 g/mol. The van der Waals surface area contributed by atoms with E-state index in [1.54, 1.807) is 24.3 Å². The number of nitrogens with zero attached hydrogens (tertiary/aromatic N) is 2. The van der Waals surface area contributed by atoms with Crippen LogP contribution in [0.1, 0.15) is 29.9 Å². The van der Waals surface area contributed by atoms with Crippen molar-refractivity contribution in [1.82, 2.24) is 4.90 Å². The molecule has 2 aromatic carbocycles. The quantitative estimate of drug-likeness (QED) is 0.314. The van der Waals surface area contributed by atoms with Gasteiger partial charge in [0.2, 0.25) is 11.8 Å². The van der Waals surface area contributed by atoms with Crippen molar-refractivity contribution in [3.05, 3.63) is 64.2 Å². The van der Waals surface area contributed by atoms with E-state index in [1.165, 1.54) is 26.3 Å². The summed E-state index contributed by atoms with van der Waals surface area (Å²) >= 11 is 20.6. The number of imide groups is 2. The Bertz CT molecular complexity index is 1560. The molecule has 0 bridgehead atoms. The van der Waals surface area contributed by atoms with Gasteiger partial charge < -0.3 is 9.84 Å². The van der Waals surface area contributed by atoms with Crippen LogP contribution < -0.4 is 9.64 Å². The predicted octanol–water partition coefficient (Wildman–Crippen LogP) is 4.56. The summed E-state index contributed by atoms with van der Waals surface area (Å²) in [5.74, 6) is -5.22. The SMILES string of the molecule is COc1ccc(C2C3=CCC4C(=O)N(c5ccc(C)c(Cl)c5)C(=O)C4C3CC3(Cl)C(=O)N(C)C(=O)C23Cl)cc1O. The highest BCUT2D eigenvalue weighted by Crippen LogP contribution is 2.65. The molecule has 2 heterocycles. The van der Waals surface area contributed by atoms with E-state index >= 15 is 0 Å². The number of aromatic hydroxyl groups is 1. The van der Waals surface area contributed by atoms with Crippen LogP contribution in [-0.4, -0.2) is 57.5 Å². The molecule has 4 amide bonds. The zero-order valence-corrected chi connectivity index (χ0v) is 24.0. The third-order valence-corrected chi connectivity index (χ3v) is 10.8. The number of carbonyl (C=O) groups is 4. The lowest BCUT2D eigenvalue weighted by Gasteiger charge is -2.50. The number of hydrogen-bond donors (Lipinski definition) is 1. The van der Waals surface area contributed by atoms with Crippen molar-refractivity contribution in [2.45, 2.75) is 35.4 Å². The molecule has 1 N–H and O–H groups in total. The van der Waals surface area contributed by atoms with Crippen molar-refractivity contribution in [2.24, 2.45) is 17.8 Å². The molecule has 11 heteroatoms. The van der Waals surface area contributed by atoms with E-state index in [1.807, 2.05) is 13.0 Å². The van der Waals surface area contributed by atoms with Gasteiger partial charge >= 0.3 is 0 Å². The first-order valence-electron chi connectivity index (χ1n) is 12.8. The second-order valence-electron chi connectivity index (χ2n) is 10.9. The Morgan fingerprint density at radius 3 is 2.38 bits per heavy atom. The van der Waals surface area contributed by atoms with Gasteiger partial charge in [0.15, 0.2) is 21.2 Å². The molecule has 6 unspecified atom stereocenters. The summed E-state index contributed by atoms with van der Waals surface area (Å²) in [6, 6.07) is 9.62. The summed E-state index contributed by atoms with van der Waals surface area (Å²) in [6.07, 6.45) is 1.96. The predicted molar refractivity (Wildman–Crippen MR) is 149 cm³/mol. The van der Waals surface area contributed by atoms with Gasteiger partial charge in [-0.15, -0.1) is 23.2 Å². The van der Waals surface area contributed by atoms with Gasteiger partial charge in [-0.3, -0.25) is 24.1 Å². The van der Waals surface area contributed by atoms with Crippen LogP contribution in [0.5, 0.6) is 11.5 Å². The Kier molecular flexibility index (Phi) is 6.08. The molecule has 2 aliphatic carbocycles. The van der Waals surface area contributed by atoms with Crippen LogP contribution in [0.3, 0.4) is 0 Å². The fraction of sp³-hybridized carbons (Fsp3) is 0.379. The van der Waals surface area contributed by atoms with Gasteiger partial charge in [-0.1, -0.05) is 35.4 Å². The fourth-order valence-corrected chi connectivity index (χ4v) is 8.17. The van der Waals surface area contributed by atoms with E-state index in [0.29, 0.717) is 21.8 Å². The minimum Gasteiger partial charge on any atom is -0.504 e. The van der Waals surface area contributed by atoms with Crippen LogP contribution in [0.4, 0.5) is 5.69 Å². The molecule has 4 aliphatic rings. The van der Waals surface area contributed by atoms with Gasteiger partial charge in [-0.25, -0.2) is 4.90 Å². The number of phenolic OH excluding ortho intramolecular Hbond substituents is 1. The van der Waals surface area contributed by atoms with Gasteiger partial charge in [0, 0.05) is 18.0 Å². The first-order chi connectivity index (χ1) is 18.9. The van der Waals surface area contributed by atoms with Gasteiger partial charge in [0.05, 0.1) is 24.6 Å². The standard InChI is InChI=1S/C29H25Cl3N2O6/c1-13-4-6-15(11-19(13)30)34-24(36)17-8-7-16-18(22(17)25(34)37)12-28(31)26(38)33(2)27(39)29(28,32)23(16)14-5-9-21(40-3)20(35)10-14/h4-7,9-11,17-18,22-23,35H,8,12H2,1-3H3. The average molecular weight is 604 g/mol. The van der Waals surface area contributed by atoms with Crippen molar-refractivity contribution in [3.63, 3.8) is 0 Å². The maximum absolute atomic E-state index is 14.0. The number of phenols is 1. The number of carbonyl (C=O) groups excluding carboxylic acids is 4. The number of methoxy groups -OCH3 is 1. The molecule has 8 nitrogen and oxygen atoms in total. The van der Waals surface area contributed by atoms with Gasteiger partial charge in [-0.05, 0) is 61.1 Å². The third-order valence-electron chi connectivity index (χ3n) is 8.96. The molecule has 0 aromatic heterocycles. The normalized spacial score (nSPS) is 33.1. The van der Waals surface area contributed by atoms with Crippen LogP contribution in [0, 0.1) is 24.7 Å². The number of rotatable bonds is 3. The second-order valence-corrected chi connectivity index (χ2v) is 12.5. The molecule has 0 radical (unpaired) electrons. The molecule has 40 heavy (non-hydrogen) atoms. The highest BCUT2D eigenvalue weighted by Gasteiger charge is 2.75. The Hall–Kier alpha value is -3.07. The van der Waals surface area contributed by atoms with Crippen LogP contribution in [0.25, 0.3) is 0 Å². The molecule has 1 saturated carbocycles. The second kappa shape index (κ2) is 8.96. The van der Waals surface area contributed by atoms with Gasteiger partial charge in [0.1, 0.15) is 0 Å². The van der Waals surface area contributed by atoms with E-state index in [9.17, 15) is 24.3 Å². The number of aryl methyl sites for hydroxylation is 1. The van der Waals surface area contributed by atoms with E-state index in [4.69, 9.17) is 39.5 Å². The molecule has 6 rings (SSSR count). The summed E-state index contributed by atoms with van der Waals surface area (Å²) in [5.41, 5.74) is 2.24. The number of hydrogen-bond acceptors (Lipinski definition) is 6. The monoisotopic (exact) mass is 602 g/mol. The summed E-state index contributed by atoms with van der Waals surface area (Å²) in [7, 11) is 2.74. The number of likely N-dealkylation sites (tertiary alicyclic amines) is 1. The molecular formula is C29H25Cl3N2O6. The lowest BCUT2D eigenvalue weighted by Crippen LogP contribution is -2.60. The summed E-state index contributed by atoms with van der Waals surface area (Å²) in [4.78, 5) is 53.0. The van der Waals surface area contributed by atoms with Crippen molar-refractivity contribution in [3.8, 4) is 11.5 Å². The molecule has 2 aromatic rings. The molecule has 3 fully saturated rings. The van der Waals surface area contributed by atoms with Crippen molar-refractivity contribution in [1.29, 1.82) is 0 Å². The van der Waals surface area contributed by atoms with Crippen LogP contribution in [-0.2, 0) is 19.2 Å². The van der Waals surface area contributed by atoms with Crippen molar-refractivity contribution in [2.75, 3.05) is 19.1 Å². The smallest absolute Gasteiger partial charge is 0.253 e. The number of allylic oxidation sites excluding steroid dienone is 2. The van der Waals surface area contributed by atoms with Crippen molar-refractivity contribution >= 4 is 64.1 Å². The molecule has 6 atom stereocenters. The maximum Gasteiger partial charge on any atom is 0.253 e. The largest absolute Gasteiger partial charge is 0.504 e. The molecule has 208 valence electrons. The first-order valence-corrected chi connectivity index (χ1v) is 13.9. The van der Waals surface area contributed by atoms with E-state index in [2.05, 4.69) is 0 Å². The highest BCUT2D eigenvalue weighted by molar-refractivity contribution is 6.53. The van der Waals surface area contributed by atoms with Crippen LogP contribution in [0.2, 0.25) is 5.02 Å². The summed E-state index contributed by atoms with van der Waals surface area (Å²) in [5, 5.41) is 11.0. The number of ether oxygens (including phenoxy) is 1. The van der Waals surface area contributed by atoms with Crippen LogP contribution >= 0.6 is 34.8 Å². The molecule has 0 spiro atoms. The van der Waals surface area contributed by atoms with E-state index < -0.39 is 51.1 Å². The van der Waals surface area contributed by atoms with Gasteiger partial charge in [0.25, 0.3) is 11.8 Å². The number of fused-ring (bicyclic) bond motifs is 4. The Morgan fingerprint density at radius 1 is 1.00 bits per heavy atom. The first kappa shape index (κ1) is 27.1. The number of alkyl halides is 2. The minimum absolute atomic E-state index is 0.111. The third kappa shape index (κ3) is 3.33. The van der Waals surface area contributed by atoms with E-state index in [0.717, 1.165) is 15.4 Å². The molecule has 2 aliphatic heterocycles. The van der Waals surface area contributed by atoms with Gasteiger partial charge in [-0.2, -0.15) is 0 Å². The van der Waals surface area contributed by atoms with Crippen molar-refractivity contribution < 1.29 is 29.0 Å². The number of anilines is 1. The number of benzene rings is 2. The average Bonchev–Trinajstić information content (AvgIpc) is 3.25. The Labute approximate surface area is 245 Å². The zero-order valence-electron chi connectivity index (χ0n) is 21.8. The number of halogens is 3. The maximum atomic E-state index is 14.0. The Morgan fingerprint density at radius 2 is 1.73 bits per heavy atom. The highest BCUT2D eigenvalue weighted by atomic mass is 35.5. The number of amides is 4. The fourth-order valence-electron chi connectivity index (χ4n) is 6.98. The topological polar surface area (TPSA) is 104 Å². The Balaban J connectivity index is 1.51. The minimum atomic E-state index is -1.92. The lowest BCUT2D eigenvalue weighted by molar-refractivity contribution is -0.138.